The van der Waals surface area contributed by atoms with Crippen molar-refractivity contribution in [2.75, 3.05) is 0 Å². The van der Waals surface area contributed by atoms with Gasteiger partial charge < -0.3 is 5.32 Å². The summed E-state index contributed by atoms with van der Waals surface area (Å²) in [7, 11) is 0. The molecule has 0 bridgehead atoms. The van der Waals surface area contributed by atoms with E-state index in [9.17, 15) is 14.4 Å². The van der Waals surface area contributed by atoms with Crippen LogP contribution in [0.25, 0.3) is 0 Å². The van der Waals surface area contributed by atoms with E-state index in [1.54, 1.807) is 11.5 Å². The standard InChI is InChI=1S/C13H21N5O3S/c1-7(9(19)14-10(20)15-13(2,3)4)22-12-17-16-11(21)18(12)8-5-6-8/h7-8H,5-6H2,1-4H3,(H,16,21)(H2,14,15,19,20)/t7-/m1/s1. The summed E-state index contributed by atoms with van der Waals surface area (Å²) in [6, 6.07) is -0.361. The van der Waals surface area contributed by atoms with Crippen LogP contribution in [-0.2, 0) is 4.79 Å². The Morgan fingerprint density at radius 1 is 1.41 bits per heavy atom. The predicted molar refractivity (Wildman–Crippen MR) is 82.9 cm³/mol. The number of nitrogens with zero attached hydrogens (tertiary/aromatic N) is 2. The molecular formula is C13H21N5O3S. The first-order chi connectivity index (χ1) is 10.2. The molecule has 1 atom stereocenters. The molecule has 0 aromatic carbocycles. The maximum absolute atomic E-state index is 12.0. The van der Waals surface area contributed by atoms with Gasteiger partial charge in [-0.1, -0.05) is 11.8 Å². The van der Waals surface area contributed by atoms with Crippen LogP contribution in [-0.4, -0.2) is 37.5 Å². The van der Waals surface area contributed by atoms with E-state index in [4.69, 9.17) is 0 Å². The molecule has 1 saturated carbocycles. The molecule has 0 aliphatic heterocycles. The highest BCUT2D eigenvalue weighted by atomic mass is 32.2. The Bertz CT molecular complexity index is 626. The number of rotatable bonds is 4. The minimum absolute atomic E-state index is 0.174. The molecule has 2 rings (SSSR count). The van der Waals surface area contributed by atoms with E-state index in [1.807, 2.05) is 20.8 Å². The van der Waals surface area contributed by atoms with Crippen LogP contribution < -0.4 is 16.3 Å². The third-order valence-corrected chi connectivity index (χ3v) is 4.03. The van der Waals surface area contributed by atoms with Gasteiger partial charge in [-0.2, -0.15) is 0 Å². The highest BCUT2D eigenvalue weighted by Gasteiger charge is 2.30. The van der Waals surface area contributed by atoms with E-state index in [0.717, 1.165) is 24.6 Å². The van der Waals surface area contributed by atoms with Crippen molar-refractivity contribution in [3.63, 3.8) is 0 Å². The second-order valence-corrected chi connectivity index (χ2v) is 7.67. The maximum Gasteiger partial charge on any atom is 0.344 e. The van der Waals surface area contributed by atoms with Crippen molar-refractivity contribution in [2.24, 2.45) is 0 Å². The van der Waals surface area contributed by atoms with Gasteiger partial charge in [0.15, 0.2) is 5.16 Å². The fourth-order valence-corrected chi connectivity index (χ4v) is 2.75. The smallest absolute Gasteiger partial charge is 0.333 e. The zero-order valence-corrected chi connectivity index (χ0v) is 13.9. The number of carbonyl (C=O) groups excluding carboxylic acids is 2. The molecular weight excluding hydrogens is 306 g/mol. The van der Waals surface area contributed by atoms with Gasteiger partial charge in [-0.25, -0.2) is 14.7 Å². The van der Waals surface area contributed by atoms with E-state index >= 15 is 0 Å². The highest BCUT2D eigenvalue weighted by molar-refractivity contribution is 8.00. The molecule has 3 N–H and O–H groups in total. The van der Waals surface area contributed by atoms with Crippen LogP contribution in [0, 0.1) is 0 Å². The number of thioether (sulfide) groups is 1. The molecule has 22 heavy (non-hydrogen) atoms. The lowest BCUT2D eigenvalue weighted by Gasteiger charge is -2.21. The van der Waals surface area contributed by atoms with Gasteiger partial charge in [0, 0.05) is 11.6 Å². The number of urea groups is 1. The summed E-state index contributed by atoms with van der Waals surface area (Å²) in [5, 5.41) is 11.2. The summed E-state index contributed by atoms with van der Waals surface area (Å²) < 4.78 is 1.57. The van der Waals surface area contributed by atoms with E-state index in [2.05, 4.69) is 20.8 Å². The van der Waals surface area contributed by atoms with Crippen LogP contribution in [0.15, 0.2) is 9.95 Å². The van der Waals surface area contributed by atoms with Crippen molar-refractivity contribution < 1.29 is 9.59 Å². The molecule has 8 nitrogen and oxygen atoms in total. The van der Waals surface area contributed by atoms with Gasteiger partial charge in [-0.3, -0.25) is 14.7 Å². The van der Waals surface area contributed by atoms with E-state index < -0.39 is 22.7 Å². The summed E-state index contributed by atoms with van der Waals surface area (Å²) >= 11 is 1.16. The van der Waals surface area contributed by atoms with Gasteiger partial charge in [0.25, 0.3) is 0 Å². The fraction of sp³-hybridized carbons (Fsp3) is 0.692. The number of nitrogens with one attached hydrogen (secondary N) is 3. The molecule has 1 heterocycles. The molecule has 0 unspecified atom stereocenters. The summed E-state index contributed by atoms with van der Waals surface area (Å²) in [4.78, 5) is 35.4. The minimum atomic E-state index is -0.543. The van der Waals surface area contributed by atoms with Gasteiger partial charge in [-0.15, -0.1) is 5.10 Å². The second-order valence-electron chi connectivity index (χ2n) is 6.37. The van der Waals surface area contributed by atoms with Crippen LogP contribution >= 0.6 is 11.8 Å². The lowest BCUT2D eigenvalue weighted by molar-refractivity contribution is -0.119. The molecule has 9 heteroatoms. The van der Waals surface area contributed by atoms with Crippen LogP contribution in [0.3, 0.4) is 0 Å². The monoisotopic (exact) mass is 327 g/mol. The first-order valence-corrected chi connectivity index (χ1v) is 8.02. The zero-order valence-electron chi connectivity index (χ0n) is 13.1. The minimum Gasteiger partial charge on any atom is -0.333 e. The van der Waals surface area contributed by atoms with Gasteiger partial charge in [0.2, 0.25) is 5.91 Å². The molecule has 122 valence electrons. The number of amides is 3. The summed E-state index contributed by atoms with van der Waals surface area (Å²) in [5.74, 6) is -0.426. The van der Waals surface area contributed by atoms with E-state index in [-0.39, 0.29) is 11.7 Å². The topological polar surface area (TPSA) is 109 Å². The molecule has 1 fully saturated rings. The van der Waals surface area contributed by atoms with Crippen molar-refractivity contribution >= 4 is 23.7 Å². The first kappa shape index (κ1) is 16.6. The van der Waals surface area contributed by atoms with Gasteiger partial charge in [-0.05, 0) is 40.5 Å². The molecule has 1 aliphatic carbocycles. The Balaban J connectivity index is 1.94. The molecule has 1 aromatic rings. The summed E-state index contributed by atoms with van der Waals surface area (Å²) in [6.45, 7) is 7.15. The Morgan fingerprint density at radius 2 is 2.05 bits per heavy atom. The highest BCUT2D eigenvalue weighted by Crippen LogP contribution is 2.36. The Hall–Kier alpha value is -1.77. The van der Waals surface area contributed by atoms with Gasteiger partial charge in [0.1, 0.15) is 0 Å². The molecule has 0 spiro atoms. The number of hydrogen-bond donors (Lipinski definition) is 3. The van der Waals surface area contributed by atoms with Crippen LogP contribution in [0.2, 0.25) is 0 Å². The third-order valence-electron chi connectivity index (χ3n) is 2.96. The Kier molecular flexibility index (Phi) is 4.64. The number of imide groups is 1. The van der Waals surface area contributed by atoms with Gasteiger partial charge in [0.05, 0.1) is 5.25 Å². The lowest BCUT2D eigenvalue weighted by Crippen LogP contribution is -2.49. The Labute approximate surface area is 132 Å². The summed E-state index contributed by atoms with van der Waals surface area (Å²) in [5.41, 5.74) is -0.682. The normalized spacial score (nSPS) is 16.2. The quantitative estimate of drug-likeness (QED) is 0.715. The zero-order chi connectivity index (χ0) is 16.5. The lowest BCUT2D eigenvalue weighted by atomic mass is 10.1. The maximum atomic E-state index is 12.0. The largest absolute Gasteiger partial charge is 0.344 e. The molecule has 1 aliphatic rings. The molecule has 1 aromatic heterocycles. The van der Waals surface area contributed by atoms with Crippen molar-refractivity contribution in [3.05, 3.63) is 10.5 Å². The number of aromatic amines is 1. The van der Waals surface area contributed by atoms with Crippen molar-refractivity contribution in [1.29, 1.82) is 0 Å². The average molecular weight is 327 g/mol. The number of hydrogen-bond acceptors (Lipinski definition) is 5. The Morgan fingerprint density at radius 3 is 2.59 bits per heavy atom. The van der Waals surface area contributed by atoms with Crippen molar-refractivity contribution in [1.82, 2.24) is 25.4 Å². The van der Waals surface area contributed by atoms with Crippen LogP contribution in [0.5, 0.6) is 0 Å². The third kappa shape index (κ3) is 4.36. The van der Waals surface area contributed by atoms with Crippen molar-refractivity contribution in [2.45, 2.75) is 62.5 Å². The number of H-pyrrole nitrogens is 1. The van der Waals surface area contributed by atoms with E-state index in [1.165, 1.54) is 0 Å². The second kappa shape index (κ2) is 6.15. The van der Waals surface area contributed by atoms with E-state index in [0.29, 0.717) is 5.16 Å². The molecule has 3 amide bonds. The predicted octanol–water partition coefficient (Wildman–Crippen LogP) is 1.01. The van der Waals surface area contributed by atoms with Gasteiger partial charge >= 0.3 is 11.7 Å². The van der Waals surface area contributed by atoms with Crippen LogP contribution in [0.4, 0.5) is 4.79 Å². The average Bonchev–Trinajstić information content (AvgIpc) is 3.12. The number of carbonyl (C=O) groups is 2. The first-order valence-electron chi connectivity index (χ1n) is 7.14. The SMILES string of the molecule is C[C@@H](Sc1n[nH]c(=O)n1C1CC1)C(=O)NC(=O)NC(C)(C)C. The molecule has 0 radical (unpaired) electrons. The van der Waals surface area contributed by atoms with Crippen molar-refractivity contribution in [3.8, 4) is 0 Å². The molecule has 0 saturated heterocycles. The number of aromatic nitrogens is 3. The fourth-order valence-electron chi connectivity index (χ4n) is 1.83. The summed E-state index contributed by atoms with van der Waals surface area (Å²) in [6.07, 6.45) is 1.89. The van der Waals surface area contributed by atoms with Crippen LogP contribution in [0.1, 0.15) is 46.6 Å².